The quantitative estimate of drug-likeness (QED) is 0.900. The number of benzene rings is 1. The summed E-state index contributed by atoms with van der Waals surface area (Å²) >= 11 is 0. The van der Waals surface area contributed by atoms with Crippen molar-refractivity contribution >= 4 is 5.69 Å². The molecular formula is C13H17N3O2. The summed E-state index contributed by atoms with van der Waals surface area (Å²) in [6, 6.07) is 5.90. The minimum Gasteiger partial charge on any atom is -0.495 e. The van der Waals surface area contributed by atoms with Crippen LogP contribution < -0.4 is 10.1 Å². The number of aryl methyl sites for hydroxylation is 2. The van der Waals surface area contributed by atoms with E-state index in [0.717, 1.165) is 17.0 Å². The monoisotopic (exact) mass is 247 g/mol. The van der Waals surface area contributed by atoms with Crippen molar-refractivity contribution in [2.75, 3.05) is 12.4 Å². The Bertz CT molecular complexity index is 537. The van der Waals surface area contributed by atoms with Crippen molar-refractivity contribution in [3.05, 3.63) is 35.5 Å². The third-order valence-electron chi connectivity index (χ3n) is 2.64. The molecule has 0 saturated heterocycles. The van der Waals surface area contributed by atoms with E-state index in [1.165, 1.54) is 0 Å². The zero-order valence-electron chi connectivity index (χ0n) is 11.0. The highest BCUT2D eigenvalue weighted by Crippen LogP contribution is 2.28. The van der Waals surface area contributed by atoms with E-state index in [0.29, 0.717) is 11.7 Å². The molecule has 5 nitrogen and oxygen atoms in total. The number of hydrogen-bond acceptors (Lipinski definition) is 5. The van der Waals surface area contributed by atoms with Crippen LogP contribution >= 0.6 is 0 Å². The fraction of sp³-hybridized carbons (Fsp3) is 0.385. The fourth-order valence-corrected chi connectivity index (χ4v) is 1.72. The van der Waals surface area contributed by atoms with Gasteiger partial charge in [0.15, 0.2) is 5.82 Å². The van der Waals surface area contributed by atoms with Crippen LogP contribution in [0.4, 0.5) is 5.69 Å². The number of ether oxygens (including phenoxy) is 1. The Labute approximate surface area is 106 Å². The van der Waals surface area contributed by atoms with E-state index in [1.54, 1.807) is 14.0 Å². The molecule has 0 aliphatic heterocycles. The summed E-state index contributed by atoms with van der Waals surface area (Å²) < 4.78 is 10.5. The maximum Gasteiger partial charge on any atom is 0.248 e. The molecule has 0 saturated carbocycles. The van der Waals surface area contributed by atoms with Crippen LogP contribution in [0.1, 0.15) is 30.2 Å². The molecular weight excluding hydrogens is 230 g/mol. The van der Waals surface area contributed by atoms with E-state index >= 15 is 0 Å². The van der Waals surface area contributed by atoms with Crippen molar-refractivity contribution in [1.29, 1.82) is 0 Å². The van der Waals surface area contributed by atoms with Gasteiger partial charge in [0.1, 0.15) is 11.8 Å². The van der Waals surface area contributed by atoms with Gasteiger partial charge in [-0.3, -0.25) is 0 Å². The van der Waals surface area contributed by atoms with Crippen molar-refractivity contribution in [3.63, 3.8) is 0 Å². The van der Waals surface area contributed by atoms with Gasteiger partial charge in [0.05, 0.1) is 12.8 Å². The second kappa shape index (κ2) is 5.08. The van der Waals surface area contributed by atoms with Crippen LogP contribution in [0.3, 0.4) is 0 Å². The highest BCUT2D eigenvalue weighted by atomic mass is 16.5. The number of anilines is 1. The number of hydrogen-bond donors (Lipinski definition) is 1. The fourth-order valence-electron chi connectivity index (χ4n) is 1.72. The highest BCUT2D eigenvalue weighted by molar-refractivity contribution is 5.58. The average Bonchev–Trinajstić information content (AvgIpc) is 2.76. The normalized spacial score (nSPS) is 12.2. The number of nitrogens with one attached hydrogen (secondary N) is 1. The van der Waals surface area contributed by atoms with E-state index in [1.807, 2.05) is 32.0 Å². The van der Waals surface area contributed by atoms with Gasteiger partial charge in [0, 0.05) is 0 Å². The smallest absolute Gasteiger partial charge is 0.248 e. The third kappa shape index (κ3) is 2.61. The molecule has 96 valence electrons. The lowest BCUT2D eigenvalue weighted by Crippen LogP contribution is -2.08. The van der Waals surface area contributed by atoms with Gasteiger partial charge in [0.25, 0.3) is 0 Å². The number of rotatable bonds is 4. The zero-order valence-corrected chi connectivity index (χ0v) is 11.0. The molecule has 0 fully saturated rings. The second-order valence-electron chi connectivity index (χ2n) is 4.25. The van der Waals surface area contributed by atoms with Crippen LogP contribution in [0.5, 0.6) is 5.75 Å². The summed E-state index contributed by atoms with van der Waals surface area (Å²) in [6.45, 7) is 5.80. The summed E-state index contributed by atoms with van der Waals surface area (Å²) in [4.78, 5) is 4.20. The molecule has 18 heavy (non-hydrogen) atoms. The Kier molecular flexibility index (Phi) is 3.50. The van der Waals surface area contributed by atoms with Crippen LogP contribution in [0.25, 0.3) is 0 Å². The zero-order chi connectivity index (χ0) is 13.1. The van der Waals surface area contributed by atoms with Crippen LogP contribution in [-0.4, -0.2) is 17.3 Å². The van der Waals surface area contributed by atoms with Gasteiger partial charge in [-0.05, 0) is 38.5 Å². The first-order valence-electron chi connectivity index (χ1n) is 5.81. The SMILES string of the molecule is COc1ccc(C)cc1NC(C)c1nc(C)no1. The summed E-state index contributed by atoms with van der Waals surface area (Å²) in [7, 11) is 1.65. The Morgan fingerprint density at radius 1 is 1.33 bits per heavy atom. The summed E-state index contributed by atoms with van der Waals surface area (Å²) in [5, 5.41) is 7.09. The van der Waals surface area contributed by atoms with Gasteiger partial charge < -0.3 is 14.6 Å². The lowest BCUT2D eigenvalue weighted by atomic mass is 10.2. The molecule has 0 aliphatic carbocycles. The first-order valence-corrected chi connectivity index (χ1v) is 5.81. The Hall–Kier alpha value is -2.04. The lowest BCUT2D eigenvalue weighted by molar-refractivity contribution is 0.363. The molecule has 0 radical (unpaired) electrons. The molecule has 0 aliphatic rings. The van der Waals surface area contributed by atoms with Crippen molar-refractivity contribution < 1.29 is 9.26 Å². The van der Waals surface area contributed by atoms with Gasteiger partial charge in [-0.1, -0.05) is 11.2 Å². The van der Waals surface area contributed by atoms with Gasteiger partial charge in [-0.2, -0.15) is 4.98 Å². The Balaban J connectivity index is 2.20. The Morgan fingerprint density at radius 2 is 2.11 bits per heavy atom. The predicted molar refractivity (Wildman–Crippen MR) is 68.8 cm³/mol. The maximum atomic E-state index is 5.31. The van der Waals surface area contributed by atoms with Crippen molar-refractivity contribution in [1.82, 2.24) is 10.1 Å². The molecule has 5 heteroatoms. The lowest BCUT2D eigenvalue weighted by Gasteiger charge is -2.15. The van der Waals surface area contributed by atoms with Gasteiger partial charge in [0.2, 0.25) is 5.89 Å². The molecule has 1 heterocycles. The summed E-state index contributed by atoms with van der Waals surface area (Å²) in [5.41, 5.74) is 2.08. The first-order chi connectivity index (χ1) is 8.60. The molecule has 1 N–H and O–H groups in total. The minimum atomic E-state index is -0.0677. The van der Waals surface area contributed by atoms with Crippen molar-refractivity contribution in [2.24, 2.45) is 0 Å². The number of nitrogens with zero attached hydrogens (tertiary/aromatic N) is 2. The highest BCUT2D eigenvalue weighted by Gasteiger charge is 2.14. The predicted octanol–water partition coefficient (Wildman–Crippen LogP) is 2.87. The van der Waals surface area contributed by atoms with Crippen LogP contribution in [0.15, 0.2) is 22.7 Å². The van der Waals surface area contributed by atoms with Crippen LogP contribution in [0.2, 0.25) is 0 Å². The molecule has 1 aromatic carbocycles. The molecule has 1 atom stereocenters. The molecule has 1 aromatic heterocycles. The van der Waals surface area contributed by atoms with Crippen LogP contribution in [-0.2, 0) is 0 Å². The van der Waals surface area contributed by atoms with E-state index in [9.17, 15) is 0 Å². The van der Waals surface area contributed by atoms with Gasteiger partial charge in [-0.25, -0.2) is 0 Å². The van der Waals surface area contributed by atoms with E-state index in [2.05, 4.69) is 15.5 Å². The second-order valence-corrected chi connectivity index (χ2v) is 4.25. The Morgan fingerprint density at radius 3 is 2.72 bits per heavy atom. The van der Waals surface area contributed by atoms with Crippen LogP contribution in [0, 0.1) is 13.8 Å². The molecule has 2 rings (SSSR count). The first kappa shape index (κ1) is 12.4. The van der Waals surface area contributed by atoms with E-state index in [-0.39, 0.29) is 6.04 Å². The number of aromatic nitrogens is 2. The molecule has 0 spiro atoms. The van der Waals surface area contributed by atoms with Gasteiger partial charge in [-0.15, -0.1) is 0 Å². The van der Waals surface area contributed by atoms with E-state index < -0.39 is 0 Å². The molecule has 2 aromatic rings. The third-order valence-corrected chi connectivity index (χ3v) is 2.64. The maximum absolute atomic E-state index is 5.31. The van der Waals surface area contributed by atoms with Crippen molar-refractivity contribution in [3.8, 4) is 5.75 Å². The molecule has 0 amide bonds. The summed E-state index contributed by atoms with van der Waals surface area (Å²) in [5.74, 6) is 2.00. The molecule has 1 unspecified atom stereocenters. The summed E-state index contributed by atoms with van der Waals surface area (Å²) in [6.07, 6.45) is 0. The minimum absolute atomic E-state index is 0.0677. The topological polar surface area (TPSA) is 60.2 Å². The van der Waals surface area contributed by atoms with E-state index in [4.69, 9.17) is 9.26 Å². The van der Waals surface area contributed by atoms with Crippen molar-refractivity contribution in [2.45, 2.75) is 26.8 Å². The molecule has 0 bridgehead atoms. The standard InChI is InChI=1S/C13H17N3O2/c1-8-5-6-12(17-4)11(7-8)14-9(2)13-15-10(3)16-18-13/h5-7,9,14H,1-4H3. The van der Waals surface area contributed by atoms with Gasteiger partial charge >= 0.3 is 0 Å². The number of methoxy groups -OCH3 is 1. The largest absolute Gasteiger partial charge is 0.495 e. The average molecular weight is 247 g/mol.